The van der Waals surface area contributed by atoms with E-state index in [0.29, 0.717) is 0 Å². The van der Waals surface area contributed by atoms with Gasteiger partial charge in [0.25, 0.3) is 0 Å². The number of hydrogen-bond acceptors (Lipinski definition) is 2. The summed E-state index contributed by atoms with van der Waals surface area (Å²) in [5.41, 5.74) is -0.149. The third kappa shape index (κ3) is 3.40. The van der Waals surface area contributed by atoms with Gasteiger partial charge in [0.05, 0.1) is 11.3 Å². The number of carbonyl (C=O) groups excluding carboxylic acids is 1. The third-order valence-corrected chi connectivity index (χ3v) is 3.05. The first-order valence-electron chi connectivity index (χ1n) is 6.05. The molecule has 2 N–H and O–H groups in total. The summed E-state index contributed by atoms with van der Waals surface area (Å²) in [6, 6.07) is 3.32. The maximum Gasteiger partial charge on any atom is 0.335 e. The van der Waals surface area contributed by atoms with Gasteiger partial charge in [-0.3, -0.25) is 4.79 Å². The van der Waals surface area contributed by atoms with E-state index in [1.807, 2.05) is 12.2 Å². The fraction of sp³-hybridized carbons (Fsp3) is 0.286. The van der Waals surface area contributed by atoms with Crippen LogP contribution in [-0.2, 0) is 4.79 Å². The minimum absolute atomic E-state index is 0.0579. The van der Waals surface area contributed by atoms with Crippen LogP contribution in [0.25, 0.3) is 0 Å². The number of carboxylic acids is 1. The van der Waals surface area contributed by atoms with Gasteiger partial charge in [-0.25, -0.2) is 9.18 Å². The number of nitrogens with one attached hydrogen (secondary N) is 1. The smallest absolute Gasteiger partial charge is 0.335 e. The Balaban J connectivity index is 2.05. The molecule has 0 radical (unpaired) electrons. The molecule has 5 heteroatoms. The standard InChI is InChI=1S/C14H14FNO3/c15-11-6-5-10(14(18)19)8-12(11)16-13(17)7-9-3-1-2-4-9/h1,3,5-6,8-9H,2,4,7H2,(H,16,17)(H,18,19). The molecule has 1 amide bonds. The largest absolute Gasteiger partial charge is 0.478 e. The van der Waals surface area contributed by atoms with Gasteiger partial charge in [0.2, 0.25) is 5.91 Å². The number of halogens is 1. The molecule has 0 saturated carbocycles. The molecule has 1 aromatic rings. The van der Waals surface area contributed by atoms with Crippen LogP contribution < -0.4 is 5.32 Å². The van der Waals surface area contributed by atoms with Crippen molar-refractivity contribution < 1.29 is 19.1 Å². The van der Waals surface area contributed by atoms with Crippen molar-refractivity contribution in [1.29, 1.82) is 0 Å². The average molecular weight is 263 g/mol. The Morgan fingerprint density at radius 1 is 1.42 bits per heavy atom. The first kappa shape index (κ1) is 13.3. The second-order valence-corrected chi connectivity index (χ2v) is 4.52. The Kier molecular flexibility index (Phi) is 3.94. The first-order valence-corrected chi connectivity index (χ1v) is 6.05. The zero-order chi connectivity index (χ0) is 13.8. The van der Waals surface area contributed by atoms with E-state index < -0.39 is 11.8 Å². The highest BCUT2D eigenvalue weighted by Crippen LogP contribution is 2.22. The quantitative estimate of drug-likeness (QED) is 0.821. The summed E-state index contributed by atoms with van der Waals surface area (Å²) in [6.45, 7) is 0. The number of rotatable bonds is 4. The Morgan fingerprint density at radius 2 is 2.21 bits per heavy atom. The van der Waals surface area contributed by atoms with Crippen LogP contribution in [0, 0.1) is 11.7 Å². The van der Waals surface area contributed by atoms with Gasteiger partial charge in [0.15, 0.2) is 0 Å². The van der Waals surface area contributed by atoms with Gasteiger partial charge in [-0.2, -0.15) is 0 Å². The number of aromatic carboxylic acids is 1. The van der Waals surface area contributed by atoms with Crippen molar-refractivity contribution in [3.8, 4) is 0 Å². The second-order valence-electron chi connectivity index (χ2n) is 4.52. The van der Waals surface area contributed by atoms with Gasteiger partial charge in [0, 0.05) is 6.42 Å². The monoisotopic (exact) mass is 263 g/mol. The van der Waals surface area contributed by atoms with Crippen molar-refractivity contribution in [2.45, 2.75) is 19.3 Å². The maximum absolute atomic E-state index is 13.5. The van der Waals surface area contributed by atoms with Crippen molar-refractivity contribution in [3.63, 3.8) is 0 Å². The molecule has 0 aromatic heterocycles. The van der Waals surface area contributed by atoms with Crippen molar-refractivity contribution in [1.82, 2.24) is 0 Å². The number of anilines is 1. The first-order chi connectivity index (χ1) is 9.06. The van der Waals surface area contributed by atoms with Crippen molar-refractivity contribution in [3.05, 3.63) is 41.7 Å². The van der Waals surface area contributed by atoms with Crippen LogP contribution >= 0.6 is 0 Å². The minimum atomic E-state index is -1.16. The molecule has 0 fully saturated rings. The summed E-state index contributed by atoms with van der Waals surface area (Å²) in [4.78, 5) is 22.5. The number of carbonyl (C=O) groups is 2. The zero-order valence-corrected chi connectivity index (χ0v) is 10.2. The average Bonchev–Trinajstić information content (AvgIpc) is 2.84. The zero-order valence-electron chi connectivity index (χ0n) is 10.2. The molecule has 1 aromatic carbocycles. The molecule has 19 heavy (non-hydrogen) atoms. The fourth-order valence-corrected chi connectivity index (χ4v) is 2.06. The van der Waals surface area contributed by atoms with Crippen LogP contribution in [0.3, 0.4) is 0 Å². The predicted octanol–water partition coefficient (Wildman–Crippen LogP) is 2.82. The SMILES string of the molecule is O=C(CC1C=CCC1)Nc1cc(C(=O)O)ccc1F. The van der Waals surface area contributed by atoms with Gasteiger partial charge < -0.3 is 10.4 Å². The lowest BCUT2D eigenvalue weighted by atomic mass is 10.0. The van der Waals surface area contributed by atoms with Crippen LogP contribution in [0.1, 0.15) is 29.6 Å². The van der Waals surface area contributed by atoms with Gasteiger partial charge in [-0.15, -0.1) is 0 Å². The molecule has 1 unspecified atom stereocenters. The summed E-state index contributed by atoms with van der Waals surface area (Å²) in [5.74, 6) is -1.92. The maximum atomic E-state index is 13.5. The number of amides is 1. The lowest BCUT2D eigenvalue weighted by Gasteiger charge is -2.10. The molecule has 0 heterocycles. The molecule has 0 spiro atoms. The number of carboxylic acid groups (broad SMARTS) is 1. The van der Waals surface area contributed by atoms with E-state index in [-0.39, 0.29) is 29.5 Å². The van der Waals surface area contributed by atoms with E-state index in [1.54, 1.807) is 0 Å². The fourth-order valence-electron chi connectivity index (χ4n) is 2.06. The summed E-state index contributed by atoms with van der Waals surface area (Å²) < 4.78 is 13.5. The van der Waals surface area contributed by atoms with E-state index in [1.165, 1.54) is 0 Å². The third-order valence-electron chi connectivity index (χ3n) is 3.05. The Hall–Kier alpha value is -2.17. The van der Waals surface area contributed by atoms with Crippen LogP contribution in [0.5, 0.6) is 0 Å². The normalized spacial score (nSPS) is 17.4. The van der Waals surface area contributed by atoms with Crippen molar-refractivity contribution in [2.75, 3.05) is 5.32 Å². The molecule has 2 rings (SSSR count). The molecule has 100 valence electrons. The summed E-state index contributed by atoms with van der Waals surface area (Å²) in [6.07, 6.45) is 6.16. The topological polar surface area (TPSA) is 66.4 Å². The molecule has 1 aliphatic rings. The number of hydrogen-bond donors (Lipinski definition) is 2. The van der Waals surface area contributed by atoms with E-state index >= 15 is 0 Å². The molecule has 0 aliphatic heterocycles. The Labute approximate surface area is 109 Å². The highest BCUT2D eigenvalue weighted by atomic mass is 19.1. The number of benzene rings is 1. The van der Waals surface area contributed by atoms with Gasteiger partial charge in [0.1, 0.15) is 5.82 Å². The second kappa shape index (κ2) is 5.65. The minimum Gasteiger partial charge on any atom is -0.478 e. The van der Waals surface area contributed by atoms with Crippen molar-refractivity contribution >= 4 is 17.6 Å². The molecule has 1 atom stereocenters. The van der Waals surface area contributed by atoms with Crippen molar-refractivity contribution in [2.24, 2.45) is 5.92 Å². The van der Waals surface area contributed by atoms with Gasteiger partial charge in [-0.05, 0) is 37.0 Å². The summed E-state index contributed by atoms with van der Waals surface area (Å²) in [5, 5.41) is 11.2. The van der Waals surface area contributed by atoms with E-state index in [9.17, 15) is 14.0 Å². The van der Waals surface area contributed by atoms with Gasteiger partial charge in [-0.1, -0.05) is 12.2 Å². The molecule has 4 nitrogen and oxygen atoms in total. The molecule has 0 saturated heterocycles. The highest BCUT2D eigenvalue weighted by molar-refractivity contribution is 5.94. The molecule has 1 aliphatic carbocycles. The Bertz CT molecular complexity index is 539. The van der Waals surface area contributed by atoms with E-state index in [4.69, 9.17) is 5.11 Å². The molecular weight excluding hydrogens is 249 g/mol. The van der Waals surface area contributed by atoms with Crippen LogP contribution in [0.15, 0.2) is 30.4 Å². The van der Waals surface area contributed by atoms with Crippen LogP contribution in [0.4, 0.5) is 10.1 Å². The molecular formula is C14H14FNO3. The number of allylic oxidation sites excluding steroid dienone is 2. The van der Waals surface area contributed by atoms with E-state index in [0.717, 1.165) is 31.0 Å². The van der Waals surface area contributed by atoms with Gasteiger partial charge >= 0.3 is 5.97 Å². The lowest BCUT2D eigenvalue weighted by molar-refractivity contribution is -0.116. The van der Waals surface area contributed by atoms with Crippen LogP contribution in [0.2, 0.25) is 0 Å². The summed E-state index contributed by atoms with van der Waals surface area (Å²) >= 11 is 0. The van der Waals surface area contributed by atoms with Crippen LogP contribution in [-0.4, -0.2) is 17.0 Å². The van der Waals surface area contributed by atoms with E-state index in [2.05, 4.69) is 5.32 Å². The lowest BCUT2D eigenvalue weighted by Crippen LogP contribution is -2.16. The Morgan fingerprint density at radius 3 is 2.84 bits per heavy atom. The highest BCUT2D eigenvalue weighted by Gasteiger charge is 2.16. The summed E-state index contributed by atoms with van der Waals surface area (Å²) in [7, 11) is 0. The predicted molar refractivity (Wildman–Crippen MR) is 68.5 cm³/mol. The molecule has 0 bridgehead atoms.